The van der Waals surface area contributed by atoms with Crippen molar-refractivity contribution in [1.29, 1.82) is 0 Å². The Morgan fingerprint density at radius 3 is 2.34 bits per heavy atom. The standard InChI is InChI=1S/C27H31N4O3P/c1-20(29(3)24-9-5-4-6-10-24)22-8-7-11-25(18-22)33-27-19-23(12-13-26(27)28)21(2)34-35(32,30-14-15-30)31-16-17-31/h4-13,18-19,21H,1,14-17,28H2,2-3H3. The van der Waals surface area contributed by atoms with Crippen LogP contribution in [0.25, 0.3) is 5.70 Å². The minimum atomic E-state index is -2.93. The van der Waals surface area contributed by atoms with E-state index in [4.69, 9.17) is 15.0 Å². The third-order valence-corrected chi connectivity index (χ3v) is 9.13. The Hall–Kier alpha value is -3.09. The molecule has 0 amide bonds. The van der Waals surface area contributed by atoms with Crippen LogP contribution < -0.4 is 15.4 Å². The number of hydrogen-bond donors (Lipinski definition) is 1. The number of hydrogen-bond acceptors (Lipinski definition) is 5. The molecule has 5 rings (SSSR count). The Morgan fingerprint density at radius 2 is 1.69 bits per heavy atom. The lowest BCUT2D eigenvalue weighted by atomic mass is 10.1. The van der Waals surface area contributed by atoms with Crippen LogP contribution >= 0.6 is 7.67 Å². The van der Waals surface area contributed by atoms with Crippen molar-refractivity contribution in [3.63, 3.8) is 0 Å². The lowest BCUT2D eigenvalue weighted by Crippen LogP contribution is -2.14. The second kappa shape index (κ2) is 9.51. The summed E-state index contributed by atoms with van der Waals surface area (Å²) in [5.74, 6) is 1.19. The van der Waals surface area contributed by atoms with Crippen molar-refractivity contribution in [3.8, 4) is 11.5 Å². The summed E-state index contributed by atoms with van der Waals surface area (Å²) in [6, 6.07) is 23.4. The summed E-state index contributed by atoms with van der Waals surface area (Å²) in [7, 11) is -0.939. The van der Waals surface area contributed by atoms with Gasteiger partial charge in [0.2, 0.25) is 0 Å². The van der Waals surface area contributed by atoms with Crippen LogP contribution in [0, 0.1) is 0 Å². The fourth-order valence-electron chi connectivity index (χ4n) is 3.93. The first-order valence-corrected chi connectivity index (χ1v) is 13.3. The van der Waals surface area contributed by atoms with E-state index in [0.717, 1.165) is 48.7 Å². The average Bonchev–Trinajstić information content (AvgIpc) is 3.77. The van der Waals surface area contributed by atoms with E-state index in [9.17, 15) is 4.57 Å². The molecule has 0 bridgehead atoms. The van der Waals surface area contributed by atoms with Gasteiger partial charge >= 0.3 is 7.67 Å². The molecule has 2 N–H and O–H groups in total. The van der Waals surface area contributed by atoms with E-state index >= 15 is 0 Å². The summed E-state index contributed by atoms with van der Waals surface area (Å²) in [4.78, 5) is 2.04. The van der Waals surface area contributed by atoms with Crippen molar-refractivity contribution in [2.75, 3.05) is 43.9 Å². The minimum absolute atomic E-state index is 0.365. The normalized spacial score (nSPS) is 16.5. The second-order valence-electron chi connectivity index (χ2n) is 8.91. The number of benzene rings is 3. The van der Waals surface area contributed by atoms with Crippen LogP contribution in [0.1, 0.15) is 24.2 Å². The predicted octanol–water partition coefficient (Wildman–Crippen LogP) is 5.99. The maximum Gasteiger partial charge on any atom is 0.346 e. The molecule has 0 radical (unpaired) electrons. The topological polar surface area (TPSA) is 70.8 Å². The fourth-order valence-corrected chi connectivity index (χ4v) is 6.28. The Kier molecular flexibility index (Phi) is 6.43. The van der Waals surface area contributed by atoms with E-state index in [1.165, 1.54) is 0 Å². The molecule has 7 nitrogen and oxygen atoms in total. The van der Waals surface area contributed by atoms with E-state index in [2.05, 4.69) is 6.58 Å². The molecular formula is C27H31N4O3P. The minimum Gasteiger partial charge on any atom is -0.455 e. The average molecular weight is 491 g/mol. The van der Waals surface area contributed by atoms with Crippen LogP contribution in [0.5, 0.6) is 11.5 Å². The third-order valence-electron chi connectivity index (χ3n) is 6.31. The van der Waals surface area contributed by atoms with Gasteiger partial charge in [-0.2, -0.15) is 0 Å². The Bertz CT molecular complexity index is 1260. The number of anilines is 2. The van der Waals surface area contributed by atoms with Gasteiger partial charge in [-0.05, 0) is 48.9 Å². The van der Waals surface area contributed by atoms with Gasteiger partial charge < -0.3 is 15.4 Å². The molecule has 1 atom stereocenters. The molecule has 0 saturated carbocycles. The molecule has 8 heteroatoms. The SMILES string of the molecule is C=C(c1cccc(Oc2cc(C(C)OP(=O)(N3CC3)N3CC3)ccc2N)c1)N(C)c1ccccc1. The zero-order valence-corrected chi connectivity index (χ0v) is 21.0. The van der Waals surface area contributed by atoms with Crippen molar-refractivity contribution in [1.82, 2.24) is 9.34 Å². The van der Waals surface area contributed by atoms with Gasteiger partial charge in [-0.1, -0.05) is 43.0 Å². The third kappa shape index (κ3) is 5.14. The summed E-state index contributed by atoms with van der Waals surface area (Å²) in [5, 5.41) is 0. The predicted molar refractivity (Wildman–Crippen MR) is 142 cm³/mol. The lowest BCUT2D eigenvalue weighted by molar-refractivity contribution is 0.200. The van der Waals surface area contributed by atoms with Crippen LogP contribution in [0.4, 0.5) is 11.4 Å². The van der Waals surface area contributed by atoms with Crippen molar-refractivity contribution in [3.05, 3.63) is 90.5 Å². The smallest absolute Gasteiger partial charge is 0.346 e. The molecule has 0 aliphatic carbocycles. The largest absolute Gasteiger partial charge is 0.455 e. The Morgan fingerprint density at radius 1 is 1.00 bits per heavy atom. The van der Waals surface area contributed by atoms with Gasteiger partial charge in [0.25, 0.3) is 0 Å². The molecule has 2 saturated heterocycles. The first kappa shape index (κ1) is 23.6. The van der Waals surface area contributed by atoms with Crippen molar-refractivity contribution in [2.24, 2.45) is 0 Å². The van der Waals surface area contributed by atoms with Gasteiger partial charge in [-0.3, -0.25) is 9.09 Å². The van der Waals surface area contributed by atoms with Gasteiger partial charge in [0.15, 0.2) is 5.75 Å². The molecule has 2 aliphatic heterocycles. The van der Waals surface area contributed by atoms with Crippen molar-refractivity contribution >= 4 is 24.7 Å². The molecule has 0 aromatic heterocycles. The molecule has 2 aliphatic rings. The van der Waals surface area contributed by atoms with E-state index in [0.29, 0.717) is 17.2 Å². The van der Waals surface area contributed by atoms with Crippen LogP contribution in [-0.2, 0) is 9.09 Å². The van der Waals surface area contributed by atoms with E-state index in [-0.39, 0.29) is 6.10 Å². The number of rotatable bonds is 10. The molecule has 2 heterocycles. The molecule has 1 unspecified atom stereocenters. The van der Waals surface area contributed by atoms with Crippen LogP contribution in [0.2, 0.25) is 0 Å². The first-order chi connectivity index (χ1) is 16.8. The molecule has 2 fully saturated rings. The monoisotopic (exact) mass is 490 g/mol. The maximum absolute atomic E-state index is 13.4. The maximum atomic E-state index is 13.4. The van der Waals surface area contributed by atoms with Gasteiger partial charge in [0.05, 0.1) is 11.8 Å². The number of nitrogen functional groups attached to an aromatic ring is 1. The zero-order chi connectivity index (χ0) is 24.6. The summed E-state index contributed by atoms with van der Waals surface area (Å²) >= 11 is 0. The molecule has 3 aromatic carbocycles. The van der Waals surface area contributed by atoms with Gasteiger partial charge in [0.1, 0.15) is 5.75 Å². The zero-order valence-electron chi connectivity index (χ0n) is 20.1. The van der Waals surface area contributed by atoms with E-state index < -0.39 is 7.67 Å². The molecule has 182 valence electrons. The molecule has 35 heavy (non-hydrogen) atoms. The number of para-hydroxylation sites is 1. The highest BCUT2D eigenvalue weighted by molar-refractivity contribution is 7.54. The van der Waals surface area contributed by atoms with Crippen LogP contribution in [-0.4, -0.2) is 42.6 Å². The first-order valence-electron chi connectivity index (χ1n) is 11.8. The number of ether oxygens (including phenoxy) is 1. The van der Waals surface area contributed by atoms with E-state index in [1.807, 2.05) is 94.9 Å². The highest BCUT2D eigenvalue weighted by atomic mass is 31.2. The molecular weight excluding hydrogens is 459 g/mol. The fraction of sp³-hybridized carbons (Fsp3) is 0.259. The highest BCUT2D eigenvalue weighted by Crippen LogP contribution is 2.63. The van der Waals surface area contributed by atoms with Gasteiger partial charge in [-0.15, -0.1) is 0 Å². The quantitative estimate of drug-likeness (QED) is 0.213. The van der Waals surface area contributed by atoms with Gasteiger partial charge in [0, 0.05) is 50.2 Å². The van der Waals surface area contributed by atoms with Crippen molar-refractivity contribution in [2.45, 2.75) is 13.0 Å². The van der Waals surface area contributed by atoms with Crippen LogP contribution in [0.3, 0.4) is 0 Å². The summed E-state index contributed by atoms with van der Waals surface area (Å²) in [6.45, 7) is 9.46. The van der Waals surface area contributed by atoms with Gasteiger partial charge in [-0.25, -0.2) is 9.34 Å². The number of nitrogens with two attached hydrogens (primary N) is 1. The summed E-state index contributed by atoms with van der Waals surface area (Å²) in [5.41, 5.74) is 10.5. The van der Waals surface area contributed by atoms with E-state index in [1.54, 1.807) is 6.07 Å². The second-order valence-corrected chi connectivity index (χ2v) is 11.2. The summed E-state index contributed by atoms with van der Waals surface area (Å²) in [6.07, 6.45) is -0.365. The molecule has 0 spiro atoms. The Labute approximate surface area is 206 Å². The number of nitrogens with zero attached hydrogens (tertiary/aromatic N) is 3. The Balaban J connectivity index is 1.33. The van der Waals surface area contributed by atoms with Crippen LogP contribution in [0.15, 0.2) is 79.4 Å². The summed E-state index contributed by atoms with van der Waals surface area (Å²) < 4.78 is 29.5. The van der Waals surface area contributed by atoms with Crippen molar-refractivity contribution < 1.29 is 13.8 Å². The molecule has 3 aromatic rings. The highest BCUT2D eigenvalue weighted by Gasteiger charge is 2.50. The lowest BCUT2D eigenvalue weighted by Gasteiger charge is -2.24.